The minimum absolute atomic E-state index is 0.207. The number of aromatic nitrogens is 1. The molecule has 0 aliphatic carbocycles. The van der Waals surface area contributed by atoms with Crippen molar-refractivity contribution in [3.63, 3.8) is 0 Å². The van der Waals surface area contributed by atoms with Crippen molar-refractivity contribution in [3.05, 3.63) is 30.0 Å². The molecule has 0 spiro atoms. The van der Waals surface area contributed by atoms with Gasteiger partial charge in [0.2, 0.25) is 0 Å². The molecule has 71 valence electrons. The van der Waals surface area contributed by atoms with Crippen molar-refractivity contribution < 1.29 is 14.1 Å². The lowest BCUT2D eigenvalue weighted by Crippen LogP contribution is -2.05. The van der Waals surface area contributed by atoms with Crippen LogP contribution >= 0.6 is 0 Å². The summed E-state index contributed by atoms with van der Waals surface area (Å²) in [6.45, 7) is 2.07. The van der Waals surface area contributed by atoms with Crippen molar-refractivity contribution >= 4 is 16.9 Å². The largest absolute Gasteiger partial charge is 0.461 e. The zero-order valence-electron chi connectivity index (χ0n) is 7.61. The van der Waals surface area contributed by atoms with E-state index in [4.69, 9.17) is 9.26 Å². The average Bonchev–Trinajstić information content (AvgIpc) is 2.61. The van der Waals surface area contributed by atoms with Gasteiger partial charge in [-0.1, -0.05) is 11.2 Å². The van der Waals surface area contributed by atoms with E-state index in [0.29, 0.717) is 17.6 Å². The number of rotatable bonds is 2. The average molecular weight is 190 g/mol. The monoisotopic (exact) mass is 190 g/mol. The first kappa shape index (κ1) is 8.74. The van der Waals surface area contributed by atoms with E-state index in [9.17, 15) is 4.79 Å². The molecular formula is C10H8NO3. The van der Waals surface area contributed by atoms with Crippen molar-refractivity contribution in [2.75, 3.05) is 6.61 Å². The van der Waals surface area contributed by atoms with Crippen molar-refractivity contribution in [2.45, 2.75) is 6.92 Å². The van der Waals surface area contributed by atoms with Crippen molar-refractivity contribution in [3.8, 4) is 0 Å². The molecule has 0 atom stereocenters. The molecule has 0 aliphatic heterocycles. The predicted molar refractivity (Wildman–Crippen MR) is 48.8 cm³/mol. The Morgan fingerprint density at radius 1 is 1.71 bits per heavy atom. The molecule has 0 saturated heterocycles. The van der Waals surface area contributed by atoms with E-state index in [0.717, 1.165) is 0 Å². The highest BCUT2D eigenvalue weighted by Gasteiger charge is 2.16. The first-order valence-corrected chi connectivity index (χ1v) is 4.25. The highest BCUT2D eigenvalue weighted by Crippen LogP contribution is 2.17. The highest BCUT2D eigenvalue weighted by atomic mass is 16.5. The summed E-state index contributed by atoms with van der Waals surface area (Å²) in [6, 6.07) is 7.90. The fraction of sp³-hybridized carbons (Fsp3) is 0.200. The molecule has 0 amide bonds. The summed E-state index contributed by atoms with van der Waals surface area (Å²) >= 11 is 0. The first-order valence-electron chi connectivity index (χ1n) is 4.25. The maximum Gasteiger partial charge on any atom is 0.361 e. The van der Waals surface area contributed by atoms with Gasteiger partial charge >= 0.3 is 5.97 Å². The number of nitrogens with zero attached hydrogens (tertiary/aromatic N) is 1. The van der Waals surface area contributed by atoms with E-state index in [1.807, 2.05) is 0 Å². The van der Waals surface area contributed by atoms with E-state index >= 15 is 0 Å². The molecule has 1 aromatic carbocycles. The molecule has 0 saturated carbocycles. The Labute approximate surface area is 80.4 Å². The Morgan fingerprint density at radius 3 is 3.36 bits per heavy atom. The third kappa shape index (κ3) is 1.35. The van der Waals surface area contributed by atoms with Gasteiger partial charge in [-0.05, 0) is 25.1 Å². The van der Waals surface area contributed by atoms with Crippen LogP contribution in [-0.2, 0) is 4.74 Å². The minimum atomic E-state index is -0.467. The van der Waals surface area contributed by atoms with Gasteiger partial charge in [0.15, 0.2) is 11.3 Å². The summed E-state index contributed by atoms with van der Waals surface area (Å²) in [5.74, 6) is -0.467. The lowest BCUT2D eigenvalue weighted by Gasteiger charge is -1.96. The third-order valence-corrected chi connectivity index (χ3v) is 1.78. The van der Waals surface area contributed by atoms with Gasteiger partial charge < -0.3 is 9.26 Å². The number of fused-ring (bicyclic) bond motifs is 1. The van der Waals surface area contributed by atoms with E-state index < -0.39 is 5.97 Å². The van der Waals surface area contributed by atoms with Crippen LogP contribution in [0.25, 0.3) is 11.0 Å². The molecule has 2 rings (SSSR count). The maximum atomic E-state index is 11.4. The van der Waals surface area contributed by atoms with Gasteiger partial charge in [-0.2, -0.15) is 0 Å². The normalized spacial score (nSPS) is 10.4. The number of carbonyl (C=O) groups excluding carboxylic acids is 1. The van der Waals surface area contributed by atoms with Gasteiger partial charge in [-0.3, -0.25) is 0 Å². The number of ether oxygens (including phenoxy) is 1. The Hall–Kier alpha value is -1.84. The van der Waals surface area contributed by atoms with Crippen molar-refractivity contribution in [2.24, 2.45) is 0 Å². The van der Waals surface area contributed by atoms with E-state index in [2.05, 4.69) is 11.2 Å². The molecule has 2 aromatic rings. The lowest BCUT2D eigenvalue weighted by atomic mass is 10.2. The summed E-state index contributed by atoms with van der Waals surface area (Å²) in [4.78, 5) is 11.4. The van der Waals surface area contributed by atoms with Crippen LogP contribution in [-0.4, -0.2) is 17.7 Å². The quantitative estimate of drug-likeness (QED) is 0.677. The third-order valence-electron chi connectivity index (χ3n) is 1.78. The van der Waals surface area contributed by atoms with Crippen LogP contribution < -0.4 is 0 Å². The Morgan fingerprint density at radius 2 is 2.57 bits per heavy atom. The topological polar surface area (TPSA) is 52.3 Å². The Kier molecular flexibility index (Phi) is 2.18. The molecule has 0 fully saturated rings. The minimum Gasteiger partial charge on any atom is -0.461 e. The fourth-order valence-electron chi connectivity index (χ4n) is 1.17. The number of benzene rings is 1. The second kappa shape index (κ2) is 3.49. The number of hydrogen-bond donors (Lipinski definition) is 0. The fourth-order valence-corrected chi connectivity index (χ4v) is 1.17. The summed E-state index contributed by atoms with van der Waals surface area (Å²) in [5, 5.41) is 4.27. The molecule has 0 bridgehead atoms. The van der Waals surface area contributed by atoms with Gasteiger partial charge in [0.05, 0.1) is 12.0 Å². The Bertz CT molecular complexity index is 461. The molecule has 14 heavy (non-hydrogen) atoms. The molecule has 1 radical (unpaired) electrons. The summed E-state index contributed by atoms with van der Waals surface area (Å²) in [5.41, 5.74) is 0.769. The summed E-state index contributed by atoms with van der Waals surface area (Å²) in [6.07, 6.45) is 0. The summed E-state index contributed by atoms with van der Waals surface area (Å²) < 4.78 is 9.76. The zero-order chi connectivity index (χ0) is 9.97. The zero-order valence-corrected chi connectivity index (χ0v) is 7.61. The van der Waals surface area contributed by atoms with Crippen LogP contribution in [0, 0.1) is 6.07 Å². The van der Waals surface area contributed by atoms with Gasteiger partial charge in [0.25, 0.3) is 0 Å². The standard InChI is InChI=1S/C10H8NO3/c1-2-13-10(12)9-7-5-3-4-6-8(7)14-11-9/h4-6H,2H2,1H3. The molecule has 0 aliphatic rings. The van der Waals surface area contributed by atoms with Crippen LogP contribution in [0.4, 0.5) is 0 Å². The van der Waals surface area contributed by atoms with Crippen LogP contribution in [0.15, 0.2) is 22.7 Å². The number of esters is 1. The molecular weight excluding hydrogens is 182 g/mol. The molecule has 1 aromatic heterocycles. The van der Waals surface area contributed by atoms with Crippen LogP contribution in [0.2, 0.25) is 0 Å². The molecule has 4 nitrogen and oxygen atoms in total. The molecule has 4 heteroatoms. The van der Waals surface area contributed by atoms with E-state index in [1.165, 1.54) is 0 Å². The summed E-state index contributed by atoms with van der Waals surface area (Å²) in [7, 11) is 0. The first-order chi connectivity index (χ1) is 6.83. The number of carbonyl (C=O) groups is 1. The van der Waals surface area contributed by atoms with Gasteiger partial charge in [-0.15, -0.1) is 0 Å². The maximum absolute atomic E-state index is 11.4. The highest BCUT2D eigenvalue weighted by molar-refractivity contribution is 6.00. The molecule has 1 heterocycles. The SMILES string of the molecule is CCOC(=O)c1noc2cc[c]cc12. The van der Waals surface area contributed by atoms with E-state index in [1.54, 1.807) is 25.1 Å². The lowest BCUT2D eigenvalue weighted by molar-refractivity contribution is 0.0517. The molecule has 0 N–H and O–H groups in total. The van der Waals surface area contributed by atoms with Crippen molar-refractivity contribution in [1.82, 2.24) is 5.16 Å². The number of hydrogen-bond acceptors (Lipinski definition) is 4. The second-order valence-electron chi connectivity index (χ2n) is 2.67. The predicted octanol–water partition coefficient (Wildman–Crippen LogP) is 1.80. The molecule has 0 unspecified atom stereocenters. The van der Waals surface area contributed by atoms with E-state index in [-0.39, 0.29) is 5.69 Å². The second-order valence-corrected chi connectivity index (χ2v) is 2.67. The van der Waals surface area contributed by atoms with Crippen LogP contribution in [0.1, 0.15) is 17.4 Å². The van der Waals surface area contributed by atoms with Gasteiger partial charge in [0.1, 0.15) is 0 Å². The smallest absolute Gasteiger partial charge is 0.361 e. The van der Waals surface area contributed by atoms with Crippen LogP contribution in [0.5, 0.6) is 0 Å². The van der Waals surface area contributed by atoms with Gasteiger partial charge in [-0.25, -0.2) is 4.79 Å². The van der Waals surface area contributed by atoms with Crippen molar-refractivity contribution in [1.29, 1.82) is 0 Å². The van der Waals surface area contributed by atoms with Gasteiger partial charge in [0, 0.05) is 0 Å². The van der Waals surface area contributed by atoms with Crippen LogP contribution in [0.3, 0.4) is 0 Å². The Balaban J connectivity index is 2.47.